The quantitative estimate of drug-likeness (QED) is 0.173. The monoisotopic (exact) mass is 1120 g/mol. The highest BCUT2D eigenvalue weighted by Gasteiger charge is 2.54. The maximum absolute atomic E-state index is 5.64. The molecule has 0 N–H and O–H groups in total. The van der Waals surface area contributed by atoms with E-state index in [0.29, 0.717) is 17.5 Å². The Balaban J connectivity index is 0.797. The summed E-state index contributed by atoms with van der Waals surface area (Å²) < 4.78 is 4.90. The van der Waals surface area contributed by atoms with Crippen molar-refractivity contribution in [2.24, 2.45) is 0 Å². The van der Waals surface area contributed by atoms with E-state index in [4.69, 9.17) is 15.0 Å². The molecule has 2 unspecified atom stereocenters. The second-order valence-corrected chi connectivity index (χ2v) is 24.1. The maximum atomic E-state index is 5.64. The summed E-state index contributed by atoms with van der Waals surface area (Å²) in [5.41, 5.74) is 28.5. The molecule has 4 aliphatic rings. The van der Waals surface area contributed by atoms with E-state index in [9.17, 15) is 0 Å². The topological polar surface area (TPSA) is 48.5 Å². The van der Waals surface area contributed by atoms with Gasteiger partial charge in [0.25, 0.3) is 0 Å². The number of benzene rings is 13. The molecule has 2 spiro atoms. The van der Waals surface area contributed by atoms with Crippen molar-refractivity contribution in [1.82, 2.24) is 24.1 Å². The lowest BCUT2D eigenvalue weighted by molar-refractivity contribution is 0.792. The molecule has 2 atom stereocenters. The van der Waals surface area contributed by atoms with Crippen molar-refractivity contribution in [2.45, 2.75) is 10.8 Å². The van der Waals surface area contributed by atoms with Crippen molar-refractivity contribution in [3.63, 3.8) is 0 Å². The Morgan fingerprint density at radius 2 is 0.477 bits per heavy atom. The predicted octanol–water partition coefficient (Wildman–Crippen LogP) is 19.8. The molecule has 13 aromatic carbocycles. The van der Waals surface area contributed by atoms with Crippen LogP contribution in [-0.4, -0.2) is 24.1 Å². The van der Waals surface area contributed by atoms with Crippen molar-refractivity contribution in [1.29, 1.82) is 0 Å². The van der Waals surface area contributed by atoms with Gasteiger partial charge in [-0.15, -0.1) is 0 Å². The second kappa shape index (κ2) is 17.5. The first-order valence-corrected chi connectivity index (χ1v) is 30.4. The zero-order chi connectivity index (χ0) is 57.4. The molecular formula is C83H49N5. The number of para-hydroxylation sites is 4. The van der Waals surface area contributed by atoms with Crippen LogP contribution in [0.15, 0.2) is 297 Å². The molecule has 3 aromatic heterocycles. The van der Waals surface area contributed by atoms with E-state index in [-0.39, 0.29) is 0 Å². The molecule has 3 heterocycles. The van der Waals surface area contributed by atoms with Crippen LogP contribution in [-0.2, 0) is 10.8 Å². The van der Waals surface area contributed by atoms with Crippen molar-refractivity contribution < 1.29 is 0 Å². The minimum atomic E-state index is -0.640. The van der Waals surface area contributed by atoms with Crippen LogP contribution in [0.25, 0.3) is 134 Å². The maximum Gasteiger partial charge on any atom is 0.164 e. The first-order chi connectivity index (χ1) is 43.6. The van der Waals surface area contributed by atoms with Gasteiger partial charge in [0, 0.05) is 49.6 Å². The van der Waals surface area contributed by atoms with E-state index >= 15 is 0 Å². The van der Waals surface area contributed by atoms with E-state index in [0.717, 1.165) is 28.1 Å². The van der Waals surface area contributed by atoms with E-state index in [2.05, 4.69) is 306 Å². The molecule has 5 heteroatoms. The Morgan fingerprint density at radius 1 is 0.205 bits per heavy atom. The molecule has 0 saturated heterocycles. The summed E-state index contributed by atoms with van der Waals surface area (Å²) in [5, 5.41) is 4.97. The molecule has 0 radical (unpaired) electrons. The van der Waals surface area contributed by atoms with Crippen LogP contribution in [0.5, 0.6) is 0 Å². The van der Waals surface area contributed by atoms with Gasteiger partial charge < -0.3 is 9.13 Å². The summed E-state index contributed by atoms with van der Waals surface area (Å²) in [6.07, 6.45) is 0. The number of aromatic nitrogens is 5. The molecule has 88 heavy (non-hydrogen) atoms. The fourth-order valence-corrected chi connectivity index (χ4v) is 16.6. The number of fused-ring (bicyclic) bond motifs is 26. The number of hydrogen-bond donors (Lipinski definition) is 0. The third-order valence-corrected chi connectivity index (χ3v) is 20.0. The van der Waals surface area contributed by atoms with Crippen molar-refractivity contribution in [3.8, 4) is 90.0 Å². The van der Waals surface area contributed by atoms with Crippen LogP contribution in [0.2, 0.25) is 0 Å². The predicted molar refractivity (Wildman–Crippen MR) is 357 cm³/mol. The lowest BCUT2D eigenvalue weighted by Gasteiger charge is -2.31. The molecule has 406 valence electrons. The molecule has 5 nitrogen and oxygen atoms in total. The molecule has 20 rings (SSSR count). The molecular weight excluding hydrogens is 1070 g/mol. The van der Waals surface area contributed by atoms with Crippen LogP contribution in [0.4, 0.5) is 0 Å². The van der Waals surface area contributed by atoms with Gasteiger partial charge in [-0.1, -0.05) is 237 Å². The van der Waals surface area contributed by atoms with Gasteiger partial charge in [0.2, 0.25) is 0 Å². The summed E-state index contributed by atoms with van der Waals surface area (Å²) in [6.45, 7) is 0. The van der Waals surface area contributed by atoms with Crippen LogP contribution in [0.3, 0.4) is 0 Å². The Hall–Kier alpha value is -11.5. The normalized spacial score (nSPS) is 16.0. The first-order valence-electron chi connectivity index (χ1n) is 30.4. The SMILES string of the molecule is c1ccc(-c2nc(-c3ccc4c(c3)C3(c5ccccc5-4)c4ccccc4-c4ccc(-n5c6ccccc6c6ccccc65)cc43)nc(-c3ccc4c(c3)C3(c5ccccc5-4)c4ccccc4-c4ccc(-n5c6ccccc6c6ccccc65)cc43)n2)cc1. The highest BCUT2D eigenvalue weighted by Crippen LogP contribution is 2.65. The van der Waals surface area contributed by atoms with E-state index < -0.39 is 10.8 Å². The summed E-state index contributed by atoms with van der Waals surface area (Å²) in [5.74, 6) is 1.86. The molecule has 0 saturated carbocycles. The fourth-order valence-electron chi connectivity index (χ4n) is 16.6. The summed E-state index contributed by atoms with van der Waals surface area (Å²) >= 11 is 0. The number of nitrogens with zero attached hydrogens (tertiary/aromatic N) is 5. The Morgan fingerprint density at radius 3 is 0.841 bits per heavy atom. The van der Waals surface area contributed by atoms with Crippen LogP contribution in [0, 0.1) is 0 Å². The average molecular weight is 1120 g/mol. The van der Waals surface area contributed by atoms with Crippen LogP contribution < -0.4 is 0 Å². The largest absolute Gasteiger partial charge is 0.309 e. The second-order valence-electron chi connectivity index (χ2n) is 24.1. The molecule has 0 fully saturated rings. The van der Waals surface area contributed by atoms with Crippen molar-refractivity contribution >= 4 is 43.6 Å². The number of hydrogen-bond acceptors (Lipinski definition) is 3. The smallest absolute Gasteiger partial charge is 0.164 e. The zero-order valence-electron chi connectivity index (χ0n) is 47.5. The van der Waals surface area contributed by atoms with E-state index in [1.54, 1.807) is 0 Å². The summed E-state index contributed by atoms with van der Waals surface area (Å²) in [4.78, 5) is 16.6. The van der Waals surface area contributed by atoms with Gasteiger partial charge in [-0.2, -0.15) is 0 Å². The van der Waals surface area contributed by atoms with Gasteiger partial charge in [0.1, 0.15) is 0 Å². The standard InChI is InChI=1S/C83H49N5/c1-2-20-50(21-3-1)79-84-80(51-38-42-59-55-22-4-12-30-67(55)82(71(59)46-51)69-32-14-6-24-57(69)61-44-40-53(48-73(61)82)87-75-34-16-8-26-63(75)64-27-9-17-35-76(64)87)86-81(85-79)52-39-43-60-56-23-5-13-31-68(56)83(72(60)47-52)70-33-15-7-25-58(70)62-45-41-54(49-74(62)83)88-77-36-18-10-28-65(77)66-29-11-19-37-78(66)88/h1-49H. The van der Waals surface area contributed by atoms with E-state index in [1.807, 2.05) is 0 Å². The third-order valence-electron chi connectivity index (χ3n) is 20.0. The molecule has 4 aliphatic carbocycles. The lowest BCUT2D eigenvalue weighted by Crippen LogP contribution is -2.26. The van der Waals surface area contributed by atoms with Gasteiger partial charge in [-0.3, -0.25) is 0 Å². The highest BCUT2D eigenvalue weighted by molar-refractivity contribution is 6.11. The lowest BCUT2D eigenvalue weighted by atomic mass is 9.70. The zero-order valence-corrected chi connectivity index (χ0v) is 47.5. The fraction of sp³-hybridized carbons (Fsp3) is 0.0241. The van der Waals surface area contributed by atoms with Crippen molar-refractivity contribution in [2.75, 3.05) is 0 Å². The van der Waals surface area contributed by atoms with Gasteiger partial charge in [0.05, 0.1) is 32.9 Å². The van der Waals surface area contributed by atoms with E-state index in [1.165, 1.54) is 133 Å². The molecule has 0 aliphatic heterocycles. The van der Waals surface area contributed by atoms with Crippen molar-refractivity contribution in [3.05, 3.63) is 342 Å². The minimum absolute atomic E-state index is 0.620. The third kappa shape index (κ3) is 6.11. The Kier molecular flexibility index (Phi) is 9.53. The Labute approximate surface area is 507 Å². The molecule has 16 aromatic rings. The van der Waals surface area contributed by atoms with Crippen LogP contribution >= 0.6 is 0 Å². The molecule has 0 bridgehead atoms. The average Bonchev–Trinajstić information content (AvgIpc) is 1.53. The summed E-state index contributed by atoms with van der Waals surface area (Å²) in [6, 6.07) is 110. The van der Waals surface area contributed by atoms with Gasteiger partial charge in [-0.25, -0.2) is 15.0 Å². The summed E-state index contributed by atoms with van der Waals surface area (Å²) in [7, 11) is 0. The van der Waals surface area contributed by atoms with Gasteiger partial charge in [-0.05, 0) is 150 Å². The number of rotatable bonds is 5. The van der Waals surface area contributed by atoms with Crippen LogP contribution in [0.1, 0.15) is 44.5 Å². The first kappa shape index (κ1) is 47.8. The minimum Gasteiger partial charge on any atom is -0.309 e. The Bertz CT molecular complexity index is 5260. The molecule has 0 amide bonds. The van der Waals surface area contributed by atoms with Gasteiger partial charge in [0.15, 0.2) is 17.5 Å². The highest BCUT2D eigenvalue weighted by atomic mass is 15.0. The van der Waals surface area contributed by atoms with Gasteiger partial charge >= 0.3 is 0 Å².